The third-order valence-electron chi connectivity index (χ3n) is 4.27. The van der Waals surface area contributed by atoms with E-state index in [9.17, 15) is 18.8 Å². The molecule has 2 aliphatic rings. The number of hydrogen-bond acceptors (Lipinski definition) is 6. The van der Waals surface area contributed by atoms with Gasteiger partial charge in [-0.3, -0.25) is 14.9 Å². The summed E-state index contributed by atoms with van der Waals surface area (Å²) >= 11 is 0.771. The molecule has 0 bridgehead atoms. The van der Waals surface area contributed by atoms with Crippen LogP contribution in [-0.4, -0.2) is 29.9 Å². The molecule has 2 fully saturated rings. The second-order valence-corrected chi connectivity index (χ2v) is 7.45. The zero-order valence-corrected chi connectivity index (χ0v) is 15.8. The molecule has 0 spiro atoms. The molecule has 0 radical (unpaired) electrons. The first-order valence-electron chi connectivity index (χ1n) is 8.71. The number of thioether (sulfide) groups is 1. The number of halogens is 1. The fraction of sp³-hybridized carbons (Fsp3) is 0.150. The van der Waals surface area contributed by atoms with Crippen molar-refractivity contribution in [2.75, 3.05) is 6.61 Å². The molecular formula is C20H15FN2O5S. The van der Waals surface area contributed by atoms with Gasteiger partial charge in [0.05, 0.1) is 10.9 Å². The average Bonchev–Trinajstić information content (AvgIpc) is 3.23. The summed E-state index contributed by atoms with van der Waals surface area (Å²) in [6, 6.07) is 11.3. The van der Waals surface area contributed by atoms with E-state index in [4.69, 9.17) is 9.47 Å². The summed E-state index contributed by atoms with van der Waals surface area (Å²) in [5, 5.41) is 4.40. The summed E-state index contributed by atoms with van der Waals surface area (Å²) in [6.45, 7) is 0.332. The first-order chi connectivity index (χ1) is 14.0. The van der Waals surface area contributed by atoms with Gasteiger partial charge in [0, 0.05) is 0 Å². The molecule has 2 N–H and O–H groups in total. The van der Waals surface area contributed by atoms with Crippen LogP contribution in [0.2, 0.25) is 0 Å². The molecule has 2 aliphatic heterocycles. The minimum Gasteiger partial charge on any atom is -0.454 e. The fourth-order valence-electron chi connectivity index (χ4n) is 2.90. The molecule has 2 heterocycles. The maximum Gasteiger partial charge on any atom is 0.407 e. The fourth-order valence-corrected chi connectivity index (χ4v) is 3.59. The molecule has 29 heavy (non-hydrogen) atoms. The highest BCUT2D eigenvalue weighted by molar-refractivity contribution is 8.18. The Morgan fingerprint density at radius 1 is 1.17 bits per heavy atom. The van der Waals surface area contributed by atoms with Crippen molar-refractivity contribution in [1.82, 2.24) is 10.6 Å². The van der Waals surface area contributed by atoms with Crippen molar-refractivity contribution in [2.24, 2.45) is 0 Å². The molecule has 7 nitrogen and oxygen atoms in total. The number of imide groups is 1. The summed E-state index contributed by atoms with van der Waals surface area (Å²) in [6.07, 6.45) is 1.65. The van der Waals surface area contributed by atoms with E-state index >= 15 is 0 Å². The van der Waals surface area contributed by atoms with E-state index in [1.807, 2.05) is 12.1 Å². The van der Waals surface area contributed by atoms with E-state index in [-0.39, 0.29) is 16.7 Å². The third-order valence-corrected chi connectivity index (χ3v) is 5.08. The summed E-state index contributed by atoms with van der Waals surface area (Å²) in [7, 11) is 0. The van der Waals surface area contributed by atoms with Crippen LogP contribution < -0.4 is 15.4 Å². The van der Waals surface area contributed by atoms with Gasteiger partial charge in [-0.25, -0.2) is 9.18 Å². The lowest BCUT2D eigenvalue weighted by Gasteiger charge is -2.10. The first kappa shape index (κ1) is 19.0. The van der Waals surface area contributed by atoms with Crippen LogP contribution in [-0.2, 0) is 16.0 Å². The molecular weight excluding hydrogens is 399 g/mol. The lowest BCUT2D eigenvalue weighted by atomic mass is 10.1. The number of hydrogen-bond donors (Lipinski definition) is 2. The van der Waals surface area contributed by atoms with Crippen LogP contribution in [0, 0.1) is 5.82 Å². The van der Waals surface area contributed by atoms with Crippen molar-refractivity contribution >= 4 is 35.1 Å². The minimum atomic E-state index is -0.594. The number of amides is 3. The molecule has 0 aromatic heterocycles. The van der Waals surface area contributed by atoms with Crippen LogP contribution in [0.5, 0.6) is 11.5 Å². The number of benzene rings is 2. The van der Waals surface area contributed by atoms with Crippen molar-refractivity contribution in [3.63, 3.8) is 0 Å². The Morgan fingerprint density at radius 3 is 2.59 bits per heavy atom. The number of rotatable bonds is 5. The number of alkyl carbamates (subject to hydrolysis) is 1. The summed E-state index contributed by atoms with van der Waals surface area (Å²) < 4.78 is 24.8. The van der Waals surface area contributed by atoms with Crippen molar-refractivity contribution in [2.45, 2.75) is 12.5 Å². The standard InChI is InChI=1S/C20H15FN2O5S/c21-15-8-12(9-17-18(24)23-20(26)29-17)3-6-16(15)28-14-4-1-11(2-5-14)7-13-10-27-19(25)22-13/h1-6,8-9,13H,7,10H2,(H,22,25)(H,23,24,26). The number of nitrogens with one attached hydrogen (secondary N) is 2. The highest BCUT2D eigenvalue weighted by Crippen LogP contribution is 2.29. The SMILES string of the molecule is O=C1NC(Cc2ccc(Oc3ccc(C=C4SC(=O)NC4=O)cc3F)cc2)CO1. The molecule has 1 unspecified atom stereocenters. The summed E-state index contributed by atoms with van der Waals surface area (Å²) in [4.78, 5) is 34.0. The van der Waals surface area contributed by atoms with Crippen LogP contribution in [0.3, 0.4) is 0 Å². The molecule has 4 rings (SSSR count). The molecule has 1 atom stereocenters. The quantitative estimate of drug-likeness (QED) is 0.727. The van der Waals surface area contributed by atoms with Crippen LogP contribution in [0.1, 0.15) is 11.1 Å². The maximum atomic E-state index is 14.4. The van der Waals surface area contributed by atoms with Crippen LogP contribution in [0.4, 0.5) is 14.0 Å². The molecule has 3 amide bonds. The first-order valence-corrected chi connectivity index (χ1v) is 9.52. The Hall–Kier alpha value is -3.33. The van der Waals surface area contributed by atoms with Gasteiger partial charge in [-0.2, -0.15) is 0 Å². The van der Waals surface area contributed by atoms with Crippen LogP contribution in [0.15, 0.2) is 47.4 Å². The van der Waals surface area contributed by atoms with E-state index in [2.05, 4.69) is 10.6 Å². The van der Waals surface area contributed by atoms with E-state index in [1.165, 1.54) is 18.2 Å². The Balaban J connectivity index is 1.41. The zero-order valence-electron chi connectivity index (χ0n) is 14.9. The van der Waals surface area contributed by atoms with E-state index in [0.717, 1.165) is 17.3 Å². The topological polar surface area (TPSA) is 93.7 Å². The van der Waals surface area contributed by atoms with Crippen molar-refractivity contribution in [1.29, 1.82) is 0 Å². The largest absolute Gasteiger partial charge is 0.454 e. The van der Waals surface area contributed by atoms with Gasteiger partial charge < -0.3 is 14.8 Å². The molecule has 0 saturated carbocycles. The molecule has 2 aromatic carbocycles. The average molecular weight is 414 g/mol. The van der Waals surface area contributed by atoms with Gasteiger partial charge >= 0.3 is 6.09 Å². The highest BCUT2D eigenvalue weighted by Gasteiger charge is 2.25. The smallest absolute Gasteiger partial charge is 0.407 e. The number of carbonyl (C=O) groups excluding carboxylic acids is 3. The van der Waals surface area contributed by atoms with Crippen LogP contribution in [0.25, 0.3) is 6.08 Å². The van der Waals surface area contributed by atoms with E-state index in [0.29, 0.717) is 24.3 Å². The monoisotopic (exact) mass is 414 g/mol. The Morgan fingerprint density at radius 2 is 1.97 bits per heavy atom. The number of cyclic esters (lactones) is 1. The predicted octanol–water partition coefficient (Wildman–Crippen LogP) is 3.59. The molecule has 2 saturated heterocycles. The molecule has 9 heteroatoms. The summed E-state index contributed by atoms with van der Waals surface area (Å²) in [5.41, 5.74) is 1.43. The van der Waals surface area contributed by atoms with Gasteiger partial charge in [0.15, 0.2) is 11.6 Å². The zero-order chi connectivity index (χ0) is 20.4. The lowest BCUT2D eigenvalue weighted by molar-refractivity contribution is -0.115. The second-order valence-electron chi connectivity index (χ2n) is 6.43. The van der Waals surface area contributed by atoms with Crippen molar-refractivity contribution < 1.29 is 28.2 Å². The van der Waals surface area contributed by atoms with Gasteiger partial charge in [0.2, 0.25) is 0 Å². The van der Waals surface area contributed by atoms with Gasteiger partial charge in [-0.1, -0.05) is 18.2 Å². The van der Waals surface area contributed by atoms with Crippen molar-refractivity contribution in [3.05, 3.63) is 64.3 Å². The van der Waals surface area contributed by atoms with Crippen LogP contribution >= 0.6 is 11.8 Å². The van der Waals surface area contributed by atoms with Gasteiger partial charge in [-0.05, 0) is 59.7 Å². The number of carbonyl (C=O) groups is 3. The Kier molecular flexibility index (Phi) is 5.22. The second kappa shape index (κ2) is 7.96. The minimum absolute atomic E-state index is 0.0379. The lowest BCUT2D eigenvalue weighted by Crippen LogP contribution is -2.28. The highest BCUT2D eigenvalue weighted by atomic mass is 32.2. The third kappa shape index (κ3) is 4.57. The Bertz CT molecular complexity index is 1020. The molecule has 0 aliphatic carbocycles. The Labute approximate surface area is 169 Å². The van der Waals surface area contributed by atoms with Crippen molar-refractivity contribution in [3.8, 4) is 11.5 Å². The van der Waals surface area contributed by atoms with Gasteiger partial charge in [0.1, 0.15) is 12.4 Å². The summed E-state index contributed by atoms with van der Waals surface area (Å²) in [5.74, 6) is -0.591. The predicted molar refractivity (Wildman–Crippen MR) is 104 cm³/mol. The normalized spacial score (nSPS) is 19.8. The molecule has 148 valence electrons. The number of ether oxygens (including phenoxy) is 2. The van der Waals surface area contributed by atoms with E-state index < -0.39 is 23.1 Å². The molecule has 2 aromatic rings. The van der Waals surface area contributed by atoms with Gasteiger partial charge in [0.25, 0.3) is 11.1 Å². The maximum absolute atomic E-state index is 14.4. The van der Waals surface area contributed by atoms with E-state index in [1.54, 1.807) is 18.2 Å². The van der Waals surface area contributed by atoms with Gasteiger partial charge in [-0.15, -0.1) is 0 Å².